The van der Waals surface area contributed by atoms with Gasteiger partial charge in [0.15, 0.2) is 0 Å². The number of benzene rings is 2. The molecule has 7 heteroatoms. The molecule has 1 aromatic heterocycles. The van der Waals surface area contributed by atoms with Gasteiger partial charge in [0.2, 0.25) is 5.95 Å². The van der Waals surface area contributed by atoms with Crippen LogP contribution in [-0.4, -0.2) is 48.2 Å². The van der Waals surface area contributed by atoms with Gasteiger partial charge in [0.1, 0.15) is 5.82 Å². The number of amides is 1. The molecule has 1 saturated heterocycles. The number of morpholine rings is 1. The Balaban J connectivity index is 0.00000245. The van der Waals surface area contributed by atoms with E-state index in [9.17, 15) is 9.18 Å². The minimum absolute atomic E-state index is 0. The third-order valence-corrected chi connectivity index (χ3v) is 5.83. The molecule has 0 bridgehead atoms. The van der Waals surface area contributed by atoms with Crippen LogP contribution in [0.4, 0.5) is 10.3 Å². The average Bonchev–Trinajstić information content (AvgIpc) is 3.22. The fraction of sp³-hybridized carbons (Fsp3) is 0.292. The first-order chi connectivity index (χ1) is 15.2. The van der Waals surface area contributed by atoms with Crippen LogP contribution >= 0.6 is 0 Å². The van der Waals surface area contributed by atoms with Crippen molar-refractivity contribution in [2.45, 2.75) is 18.9 Å². The first-order valence-corrected chi connectivity index (χ1v) is 10.5. The molecule has 160 valence electrons. The zero-order chi connectivity index (χ0) is 21.2. The Kier molecular flexibility index (Phi) is 5.34. The van der Waals surface area contributed by atoms with Gasteiger partial charge in [-0.05, 0) is 36.1 Å². The second-order valence-electron chi connectivity index (χ2n) is 7.86. The molecule has 0 spiro atoms. The van der Waals surface area contributed by atoms with Crippen LogP contribution in [0.5, 0.6) is 0 Å². The van der Waals surface area contributed by atoms with E-state index in [2.05, 4.69) is 27.4 Å². The topological polar surface area (TPSA) is 67.4 Å². The highest BCUT2D eigenvalue weighted by Gasteiger charge is 2.26. The number of ether oxygens (including phenoxy) is 1. The van der Waals surface area contributed by atoms with Crippen LogP contribution in [0.2, 0.25) is 0 Å². The zero-order valence-corrected chi connectivity index (χ0v) is 17.1. The van der Waals surface area contributed by atoms with Crippen LogP contribution < -0.4 is 10.2 Å². The summed E-state index contributed by atoms with van der Waals surface area (Å²) in [5, 5.41) is 3.10. The van der Waals surface area contributed by atoms with Crippen LogP contribution in [0.1, 0.15) is 22.9 Å². The Morgan fingerprint density at radius 1 is 1.06 bits per heavy atom. The molecular weight excluding hydrogens is 395 g/mol. The maximum Gasteiger partial charge on any atom is 0.255 e. The van der Waals surface area contributed by atoms with Crippen molar-refractivity contribution in [1.29, 1.82) is 0 Å². The SMILES string of the molecule is O=C(NC1Cc2ccccc2C1)c1cnc(N2CCOCC2)nc1-c1ccccc1F.[HH]. The molecule has 1 fully saturated rings. The number of nitrogens with zero attached hydrogens (tertiary/aromatic N) is 3. The Bertz CT molecular complexity index is 1100. The molecule has 5 rings (SSSR count). The second kappa shape index (κ2) is 8.43. The smallest absolute Gasteiger partial charge is 0.255 e. The van der Waals surface area contributed by atoms with E-state index >= 15 is 0 Å². The molecule has 2 aliphatic rings. The van der Waals surface area contributed by atoms with Crippen LogP contribution in [0.15, 0.2) is 54.7 Å². The molecule has 0 atom stereocenters. The Morgan fingerprint density at radius 2 is 1.74 bits per heavy atom. The standard InChI is InChI=1S/C24H23FN4O2.H2/c25-21-8-4-3-7-19(21)22-20(15-26-24(28-22)29-9-11-31-12-10-29)23(30)27-18-13-16-5-1-2-6-17(16)14-18;/h1-8,15,18H,9-14H2,(H,27,30);1H. The van der Waals surface area contributed by atoms with Gasteiger partial charge < -0.3 is 15.0 Å². The number of aromatic nitrogens is 2. The summed E-state index contributed by atoms with van der Waals surface area (Å²) in [5.74, 6) is -0.229. The van der Waals surface area contributed by atoms with Gasteiger partial charge in [0, 0.05) is 32.3 Å². The lowest BCUT2D eigenvalue weighted by Gasteiger charge is -2.27. The van der Waals surface area contributed by atoms with E-state index in [4.69, 9.17) is 4.74 Å². The zero-order valence-electron chi connectivity index (χ0n) is 17.1. The Hall–Kier alpha value is -3.32. The van der Waals surface area contributed by atoms with Crippen LogP contribution in [0, 0.1) is 5.82 Å². The summed E-state index contributed by atoms with van der Waals surface area (Å²) in [4.78, 5) is 24.2. The van der Waals surface area contributed by atoms with Crippen molar-refractivity contribution >= 4 is 11.9 Å². The average molecular weight is 420 g/mol. The minimum atomic E-state index is -0.420. The highest BCUT2D eigenvalue weighted by atomic mass is 19.1. The first kappa shape index (κ1) is 19.6. The van der Waals surface area contributed by atoms with Gasteiger partial charge in [-0.15, -0.1) is 0 Å². The number of carbonyl (C=O) groups is 1. The molecule has 6 nitrogen and oxygen atoms in total. The predicted octanol–water partition coefficient (Wildman–Crippen LogP) is 3.26. The number of nitrogens with one attached hydrogen (secondary N) is 1. The van der Waals surface area contributed by atoms with Crippen LogP contribution in [0.3, 0.4) is 0 Å². The van der Waals surface area contributed by atoms with E-state index in [-0.39, 0.29) is 18.9 Å². The number of hydrogen-bond donors (Lipinski definition) is 1. The lowest BCUT2D eigenvalue weighted by atomic mass is 10.1. The van der Waals surface area contributed by atoms with Crippen molar-refractivity contribution < 1.29 is 15.3 Å². The summed E-state index contributed by atoms with van der Waals surface area (Å²) in [7, 11) is 0. The number of halogens is 1. The van der Waals surface area contributed by atoms with E-state index in [1.54, 1.807) is 18.2 Å². The van der Waals surface area contributed by atoms with E-state index in [0.717, 1.165) is 12.8 Å². The number of anilines is 1. The van der Waals surface area contributed by atoms with Gasteiger partial charge in [0.25, 0.3) is 5.91 Å². The molecule has 3 aromatic rings. The highest BCUT2D eigenvalue weighted by Crippen LogP contribution is 2.27. The van der Waals surface area contributed by atoms with Gasteiger partial charge in [-0.25, -0.2) is 14.4 Å². The van der Waals surface area contributed by atoms with Crippen LogP contribution in [-0.2, 0) is 17.6 Å². The van der Waals surface area contributed by atoms with E-state index in [1.807, 2.05) is 17.0 Å². The quantitative estimate of drug-likeness (QED) is 0.702. The molecule has 31 heavy (non-hydrogen) atoms. The third kappa shape index (κ3) is 4.01. The molecule has 1 N–H and O–H groups in total. The number of hydrogen-bond acceptors (Lipinski definition) is 5. The van der Waals surface area contributed by atoms with Gasteiger partial charge in [-0.1, -0.05) is 36.4 Å². The van der Waals surface area contributed by atoms with Crippen molar-refractivity contribution in [2.75, 3.05) is 31.2 Å². The lowest BCUT2D eigenvalue weighted by molar-refractivity contribution is 0.0938. The summed E-state index contributed by atoms with van der Waals surface area (Å²) in [5.41, 5.74) is 3.38. The Morgan fingerprint density at radius 3 is 2.45 bits per heavy atom. The molecule has 1 aliphatic heterocycles. The van der Waals surface area contributed by atoms with Gasteiger partial charge in [-0.2, -0.15) is 0 Å². The van der Waals surface area contributed by atoms with Crippen molar-refractivity contribution in [3.8, 4) is 11.3 Å². The molecule has 1 aliphatic carbocycles. The number of fused-ring (bicyclic) bond motifs is 1. The molecule has 2 heterocycles. The predicted molar refractivity (Wildman–Crippen MR) is 118 cm³/mol. The first-order valence-electron chi connectivity index (χ1n) is 10.5. The van der Waals surface area contributed by atoms with Crippen molar-refractivity contribution in [2.24, 2.45) is 0 Å². The summed E-state index contributed by atoms with van der Waals surface area (Å²) in [6, 6.07) is 14.6. The number of rotatable bonds is 4. The van der Waals surface area contributed by atoms with Gasteiger partial charge >= 0.3 is 0 Å². The second-order valence-corrected chi connectivity index (χ2v) is 7.86. The molecule has 2 aromatic carbocycles. The van der Waals surface area contributed by atoms with Gasteiger partial charge in [0.05, 0.1) is 24.5 Å². The molecule has 1 amide bonds. The van der Waals surface area contributed by atoms with Crippen molar-refractivity contribution in [1.82, 2.24) is 15.3 Å². The summed E-state index contributed by atoms with van der Waals surface area (Å²) in [6.45, 7) is 2.48. The highest BCUT2D eigenvalue weighted by molar-refractivity contribution is 6.00. The largest absolute Gasteiger partial charge is 0.378 e. The number of carbonyl (C=O) groups excluding carboxylic acids is 1. The van der Waals surface area contributed by atoms with E-state index in [0.29, 0.717) is 43.5 Å². The molecule has 0 saturated carbocycles. The molecule has 0 unspecified atom stereocenters. The molecule has 0 radical (unpaired) electrons. The maximum absolute atomic E-state index is 14.7. The van der Waals surface area contributed by atoms with Crippen LogP contribution in [0.25, 0.3) is 11.3 Å². The fourth-order valence-corrected chi connectivity index (χ4v) is 4.24. The monoisotopic (exact) mass is 420 g/mol. The fourth-order valence-electron chi connectivity index (χ4n) is 4.24. The molecular formula is C24H25FN4O2. The van der Waals surface area contributed by atoms with Crippen molar-refractivity contribution in [3.05, 3.63) is 77.2 Å². The Labute approximate surface area is 181 Å². The maximum atomic E-state index is 14.7. The summed E-state index contributed by atoms with van der Waals surface area (Å²) in [6.07, 6.45) is 3.07. The van der Waals surface area contributed by atoms with E-state index < -0.39 is 5.82 Å². The lowest BCUT2D eigenvalue weighted by Crippen LogP contribution is -2.38. The summed E-state index contributed by atoms with van der Waals surface area (Å²) < 4.78 is 20.0. The van der Waals surface area contributed by atoms with E-state index in [1.165, 1.54) is 23.4 Å². The van der Waals surface area contributed by atoms with Crippen molar-refractivity contribution in [3.63, 3.8) is 0 Å². The third-order valence-electron chi connectivity index (χ3n) is 5.83. The minimum Gasteiger partial charge on any atom is -0.378 e. The van der Waals surface area contributed by atoms with Gasteiger partial charge in [-0.3, -0.25) is 4.79 Å². The normalized spacial score (nSPS) is 16.2. The summed E-state index contributed by atoms with van der Waals surface area (Å²) >= 11 is 0.